The predicted molar refractivity (Wildman–Crippen MR) is 161 cm³/mol. The maximum atomic E-state index is 11.9. The molecule has 0 amide bonds. The number of esters is 1. The molecule has 0 aliphatic carbocycles. The maximum Gasteiger partial charge on any atom is 0.333 e. The minimum atomic E-state index is -2.33. The van der Waals surface area contributed by atoms with E-state index in [-0.39, 0.29) is 28.1 Å². The molecule has 0 saturated carbocycles. The second kappa shape index (κ2) is 12.2. The number of hydrogen-bond acceptors (Lipinski definition) is 5. The quantitative estimate of drug-likeness (QED) is 0.0878. The van der Waals surface area contributed by atoms with Crippen LogP contribution in [-0.2, 0) is 22.8 Å². The average Bonchev–Trinajstić information content (AvgIpc) is 2.60. The monoisotopic (exact) mass is 562 g/mol. The Morgan fingerprint density at radius 3 is 1.77 bits per heavy atom. The molecule has 35 heavy (non-hydrogen) atoms. The van der Waals surface area contributed by atoms with E-state index in [1.165, 1.54) is 0 Å². The van der Waals surface area contributed by atoms with Gasteiger partial charge in [0, 0.05) is 16.3 Å². The van der Waals surface area contributed by atoms with Gasteiger partial charge in [0.15, 0.2) is 16.6 Å². The summed E-state index contributed by atoms with van der Waals surface area (Å²) >= 11 is 0. The number of hydrogen-bond donors (Lipinski definition) is 0. The molecule has 0 rings (SSSR count). The number of rotatable bonds is 15. The van der Waals surface area contributed by atoms with E-state index in [0.717, 1.165) is 12.5 Å². The summed E-state index contributed by atoms with van der Waals surface area (Å²) in [4.78, 5) is 11.9. The summed E-state index contributed by atoms with van der Waals surface area (Å²) in [6.45, 7) is 39.9. The number of ether oxygens (including phenoxy) is 1. The molecule has 0 saturated heterocycles. The molecule has 208 valence electrons. The Kier molecular flexibility index (Phi) is 12.2. The van der Waals surface area contributed by atoms with Crippen LogP contribution in [0.15, 0.2) is 12.2 Å². The molecule has 0 fully saturated rings. The molecule has 0 radical (unpaired) electrons. The summed E-state index contributed by atoms with van der Waals surface area (Å²) in [7, 11) is -7.74. The topological polar surface area (TPSA) is 54.0 Å². The largest absolute Gasteiger partial charge is 0.462 e. The first-order valence-electron chi connectivity index (χ1n) is 13.2. The van der Waals surface area contributed by atoms with Gasteiger partial charge in [-0.1, -0.05) is 33.1 Å². The summed E-state index contributed by atoms with van der Waals surface area (Å²) in [5.41, 5.74) is 0.422. The second-order valence-corrected chi connectivity index (χ2v) is 32.7. The van der Waals surface area contributed by atoms with Crippen LogP contribution in [0.4, 0.5) is 0 Å². The van der Waals surface area contributed by atoms with Crippen LogP contribution in [0.2, 0.25) is 70.5 Å². The number of carbonyl (C=O) groups is 1. The third kappa shape index (κ3) is 11.1. The fourth-order valence-electron chi connectivity index (χ4n) is 4.06. The molecule has 9 heteroatoms. The minimum absolute atomic E-state index is 0.120. The van der Waals surface area contributed by atoms with Crippen molar-refractivity contribution < 1.29 is 22.8 Å². The minimum Gasteiger partial charge on any atom is -0.462 e. The van der Waals surface area contributed by atoms with Crippen molar-refractivity contribution in [3.05, 3.63) is 12.2 Å². The van der Waals surface area contributed by atoms with Gasteiger partial charge in [-0.3, -0.25) is 0 Å². The molecule has 0 aromatic heterocycles. The van der Waals surface area contributed by atoms with E-state index >= 15 is 0 Å². The molecule has 0 aliphatic heterocycles. The average molecular weight is 563 g/mol. The summed E-state index contributed by atoms with van der Waals surface area (Å²) in [5, 5.41) is -0.173. The van der Waals surface area contributed by atoms with Crippen LogP contribution in [0.3, 0.4) is 0 Å². The van der Waals surface area contributed by atoms with E-state index in [1.54, 1.807) is 6.92 Å². The van der Waals surface area contributed by atoms with Crippen molar-refractivity contribution in [3.63, 3.8) is 0 Å². The zero-order chi connectivity index (χ0) is 28.3. The van der Waals surface area contributed by atoms with E-state index in [0.29, 0.717) is 12.2 Å². The first kappa shape index (κ1) is 35.0. The third-order valence-corrected chi connectivity index (χ3v) is 20.9. The first-order valence-corrected chi connectivity index (χ1v) is 25.8. The van der Waals surface area contributed by atoms with Crippen molar-refractivity contribution in [1.29, 1.82) is 0 Å². The van der Waals surface area contributed by atoms with Crippen LogP contribution in [0, 0.1) is 0 Å². The first-order chi connectivity index (χ1) is 15.3. The van der Waals surface area contributed by atoms with Crippen molar-refractivity contribution in [2.75, 3.05) is 6.61 Å². The summed E-state index contributed by atoms with van der Waals surface area (Å²) < 4.78 is 26.1. The van der Waals surface area contributed by atoms with Crippen LogP contribution in [0.5, 0.6) is 0 Å². The van der Waals surface area contributed by atoms with Gasteiger partial charge in [-0.15, -0.1) is 0 Å². The Bertz CT molecular complexity index is 722. The predicted octanol–water partition coefficient (Wildman–Crippen LogP) is 7.91. The molecule has 0 heterocycles. The fourth-order valence-corrected chi connectivity index (χ4v) is 15.3. The second-order valence-electron chi connectivity index (χ2n) is 14.1. The lowest BCUT2D eigenvalue weighted by Gasteiger charge is -2.51. The zero-order valence-corrected chi connectivity index (χ0v) is 30.0. The van der Waals surface area contributed by atoms with Gasteiger partial charge in [0.1, 0.15) is 0 Å². The van der Waals surface area contributed by atoms with Gasteiger partial charge in [-0.25, -0.2) is 4.79 Å². The van der Waals surface area contributed by atoms with Gasteiger partial charge >= 0.3 is 5.97 Å². The molecule has 0 aromatic carbocycles. The van der Waals surface area contributed by atoms with E-state index < -0.39 is 33.0 Å². The van der Waals surface area contributed by atoms with Gasteiger partial charge in [0.05, 0.1) is 26.0 Å². The van der Waals surface area contributed by atoms with Gasteiger partial charge in [-0.05, 0) is 93.3 Å². The molecular formula is C26H58O5Si4. The highest BCUT2D eigenvalue weighted by molar-refractivity contribution is 6.81. The lowest BCUT2D eigenvalue weighted by Crippen LogP contribution is -2.61. The van der Waals surface area contributed by atoms with E-state index in [4.69, 9.17) is 18.0 Å². The van der Waals surface area contributed by atoms with Crippen LogP contribution >= 0.6 is 0 Å². The molecule has 0 bridgehead atoms. The Morgan fingerprint density at radius 2 is 1.37 bits per heavy atom. The Labute approximate surface area is 222 Å². The Hall–Kier alpha value is -0.0425. The highest BCUT2D eigenvalue weighted by Gasteiger charge is 2.52. The molecule has 0 spiro atoms. The zero-order valence-electron chi connectivity index (χ0n) is 26.0. The third-order valence-electron chi connectivity index (χ3n) is 7.69. The van der Waals surface area contributed by atoms with Crippen molar-refractivity contribution in [2.24, 2.45) is 0 Å². The lowest BCUT2D eigenvalue weighted by atomic mass is 10.1. The fraction of sp³-hybridized carbons (Fsp3) is 0.885. The van der Waals surface area contributed by atoms with Crippen LogP contribution < -0.4 is 0 Å². The normalized spacial score (nSPS) is 17.5. The summed E-state index contributed by atoms with van der Waals surface area (Å²) in [6, 6.07) is 0.904. The molecule has 0 aromatic rings. The molecule has 5 nitrogen and oxygen atoms in total. The van der Waals surface area contributed by atoms with Crippen LogP contribution in [-0.4, -0.2) is 62.2 Å². The van der Waals surface area contributed by atoms with Crippen molar-refractivity contribution in [1.82, 2.24) is 0 Å². The molecule has 0 N–H and O–H groups in total. The smallest absolute Gasteiger partial charge is 0.333 e. The van der Waals surface area contributed by atoms with E-state index in [2.05, 4.69) is 107 Å². The standard InChI is InChI=1S/C26H58O5Si4/c1-21(2)24(27)28-19-18-20-35(17,31-26(7,8)32(9,10)11)22(3)25(5,6)30-34(15,16)23(4)29-33(12,13)14/h22-23H,1,18-20H2,2-17H3. The lowest BCUT2D eigenvalue weighted by molar-refractivity contribution is -0.138. The van der Waals surface area contributed by atoms with E-state index in [9.17, 15) is 4.79 Å². The molecular weight excluding hydrogens is 505 g/mol. The van der Waals surface area contributed by atoms with Gasteiger partial charge in [-0.2, -0.15) is 0 Å². The Morgan fingerprint density at radius 1 is 0.886 bits per heavy atom. The van der Waals surface area contributed by atoms with Crippen LogP contribution in [0.25, 0.3) is 0 Å². The van der Waals surface area contributed by atoms with Crippen molar-refractivity contribution >= 4 is 39.0 Å². The number of carbonyl (C=O) groups excluding carboxylic acids is 1. The highest BCUT2D eigenvalue weighted by atomic mass is 28.4. The molecule has 3 atom stereocenters. The van der Waals surface area contributed by atoms with Crippen molar-refractivity contribution in [2.45, 2.75) is 142 Å². The van der Waals surface area contributed by atoms with Gasteiger partial charge in [0.2, 0.25) is 8.32 Å². The van der Waals surface area contributed by atoms with Gasteiger partial charge < -0.3 is 18.0 Å². The highest BCUT2D eigenvalue weighted by Crippen LogP contribution is 2.44. The maximum absolute atomic E-state index is 11.9. The Balaban J connectivity index is 5.92. The van der Waals surface area contributed by atoms with E-state index in [1.807, 2.05) is 0 Å². The van der Waals surface area contributed by atoms with Crippen LogP contribution in [0.1, 0.15) is 54.9 Å². The SMILES string of the molecule is C=C(C)C(=O)OCCC[Si](C)(OC(C)(C)[Si](C)(C)C)C(C)C(C)(C)O[Si](C)(C)C(C)O[Si](C)(C)C. The van der Waals surface area contributed by atoms with Crippen molar-refractivity contribution in [3.8, 4) is 0 Å². The summed E-state index contributed by atoms with van der Waals surface area (Å²) in [5.74, 6) is -0.322. The molecule has 3 unspecified atom stereocenters. The summed E-state index contributed by atoms with van der Waals surface area (Å²) in [6.07, 6.45) is 0.778. The molecule has 0 aliphatic rings. The van der Waals surface area contributed by atoms with Gasteiger partial charge in [0.25, 0.3) is 0 Å².